The Morgan fingerprint density at radius 1 is 1.47 bits per heavy atom. The molecule has 0 spiro atoms. The molecule has 1 aromatic carbocycles. The van der Waals surface area contributed by atoms with Crippen molar-refractivity contribution in [1.29, 1.82) is 0 Å². The van der Waals surface area contributed by atoms with Crippen LogP contribution in [0.25, 0.3) is 0 Å². The molecule has 0 saturated carbocycles. The van der Waals surface area contributed by atoms with Crippen LogP contribution in [0, 0.1) is 0 Å². The molecule has 3 N–H and O–H groups in total. The molecule has 0 aromatic heterocycles. The highest BCUT2D eigenvalue weighted by Gasteiger charge is 2.00. The van der Waals surface area contributed by atoms with Crippen LogP contribution in [0.2, 0.25) is 0 Å². The molecule has 1 unspecified atom stereocenters. The molecule has 0 heterocycles. The van der Waals surface area contributed by atoms with E-state index in [1.165, 1.54) is 0 Å². The van der Waals surface area contributed by atoms with Crippen molar-refractivity contribution < 1.29 is 14.6 Å². The lowest BCUT2D eigenvalue weighted by atomic mass is 10.1. The largest absolute Gasteiger partial charge is 0.482 e. The highest BCUT2D eigenvalue weighted by atomic mass is 16.5. The molecular weight excluding hydrogens is 194 g/mol. The summed E-state index contributed by atoms with van der Waals surface area (Å²) >= 11 is 0. The Morgan fingerprint density at radius 2 is 2.07 bits per heavy atom. The molecule has 0 fully saturated rings. The van der Waals surface area contributed by atoms with Gasteiger partial charge in [-0.2, -0.15) is 0 Å². The Bertz CT molecular complexity index is 319. The lowest BCUT2D eigenvalue weighted by molar-refractivity contribution is -0.139. The van der Waals surface area contributed by atoms with Gasteiger partial charge >= 0.3 is 5.97 Å². The van der Waals surface area contributed by atoms with Gasteiger partial charge in [-0.1, -0.05) is 12.1 Å². The molecule has 0 amide bonds. The van der Waals surface area contributed by atoms with Gasteiger partial charge in [0.05, 0.1) is 0 Å². The molecule has 1 atom stereocenters. The van der Waals surface area contributed by atoms with Crippen molar-refractivity contribution in [3.8, 4) is 5.75 Å². The number of carbonyl (C=O) groups is 1. The minimum absolute atomic E-state index is 0.121. The summed E-state index contributed by atoms with van der Waals surface area (Å²) in [4.78, 5) is 10.2. The predicted molar refractivity (Wildman–Crippen MR) is 56.9 cm³/mol. The lowest BCUT2D eigenvalue weighted by Crippen LogP contribution is -2.17. The number of nitrogens with two attached hydrogens (primary N) is 1. The van der Waals surface area contributed by atoms with Gasteiger partial charge in [-0.15, -0.1) is 0 Å². The molecule has 0 aliphatic carbocycles. The summed E-state index contributed by atoms with van der Waals surface area (Å²) in [6, 6.07) is 7.40. The second-order valence-electron chi connectivity index (χ2n) is 3.51. The van der Waals surface area contributed by atoms with E-state index in [0.717, 1.165) is 12.0 Å². The van der Waals surface area contributed by atoms with Crippen LogP contribution in [0.4, 0.5) is 0 Å². The van der Waals surface area contributed by atoms with Crippen LogP contribution in [0.1, 0.15) is 12.5 Å². The SMILES string of the molecule is CC(N)Cc1ccc(OCC(=O)O)cc1. The maximum atomic E-state index is 10.2. The minimum atomic E-state index is -0.977. The zero-order chi connectivity index (χ0) is 11.3. The molecule has 0 saturated heterocycles. The van der Waals surface area contributed by atoms with Crippen molar-refractivity contribution in [3.05, 3.63) is 29.8 Å². The van der Waals surface area contributed by atoms with E-state index in [9.17, 15) is 4.79 Å². The van der Waals surface area contributed by atoms with Crippen molar-refractivity contribution in [3.63, 3.8) is 0 Å². The van der Waals surface area contributed by atoms with E-state index < -0.39 is 5.97 Å². The molecule has 4 nitrogen and oxygen atoms in total. The number of benzene rings is 1. The molecule has 1 aromatic rings. The standard InChI is InChI=1S/C11H15NO3/c1-8(12)6-9-2-4-10(5-3-9)15-7-11(13)14/h2-5,8H,6-7,12H2,1H3,(H,13,14). The maximum Gasteiger partial charge on any atom is 0.341 e. The molecule has 0 aliphatic heterocycles. The number of carboxylic acid groups (broad SMARTS) is 1. The first-order valence-electron chi connectivity index (χ1n) is 4.77. The first-order valence-corrected chi connectivity index (χ1v) is 4.77. The van der Waals surface area contributed by atoms with Gasteiger partial charge in [-0.05, 0) is 31.0 Å². The van der Waals surface area contributed by atoms with Crippen LogP contribution in [0.15, 0.2) is 24.3 Å². The number of ether oxygens (including phenoxy) is 1. The smallest absolute Gasteiger partial charge is 0.341 e. The minimum Gasteiger partial charge on any atom is -0.482 e. The van der Waals surface area contributed by atoms with Crippen LogP contribution in [-0.2, 0) is 11.2 Å². The summed E-state index contributed by atoms with van der Waals surface area (Å²) in [5.74, 6) is -0.416. The van der Waals surface area contributed by atoms with E-state index in [-0.39, 0.29) is 12.6 Å². The summed E-state index contributed by atoms with van der Waals surface area (Å²) in [6.45, 7) is 1.63. The molecule has 1 rings (SSSR count). The predicted octanol–water partition coefficient (Wildman–Crippen LogP) is 1.04. The normalized spacial score (nSPS) is 12.1. The van der Waals surface area contributed by atoms with Crippen LogP contribution < -0.4 is 10.5 Å². The van der Waals surface area contributed by atoms with Gasteiger partial charge in [0.25, 0.3) is 0 Å². The third kappa shape index (κ3) is 4.46. The first kappa shape index (κ1) is 11.5. The molecule has 0 radical (unpaired) electrons. The van der Waals surface area contributed by atoms with Crippen LogP contribution in [-0.4, -0.2) is 23.7 Å². The van der Waals surface area contributed by atoms with Gasteiger partial charge in [-0.3, -0.25) is 0 Å². The molecule has 15 heavy (non-hydrogen) atoms. The first-order chi connectivity index (χ1) is 7.08. The highest BCUT2D eigenvalue weighted by molar-refractivity contribution is 5.68. The number of rotatable bonds is 5. The van der Waals surface area contributed by atoms with Crippen molar-refractivity contribution in [1.82, 2.24) is 0 Å². The molecule has 4 heteroatoms. The van der Waals surface area contributed by atoms with E-state index in [1.807, 2.05) is 19.1 Å². The van der Waals surface area contributed by atoms with Crippen molar-refractivity contribution in [2.75, 3.05) is 6.61 Å². The van der Waals surface area contributed by atoms with Crippen LogP contribution in [0.5, 0.6) is 5.75 Å². The Hall–Kier alpha value is -1.55. The van der Waals surface area contributed by atoms with Gasteiger partial charge in [0.15, 0.2) is 6.61 Å². The van der Waals surface area contributed by atoms with Gasteiger partial charge in [0, 0.05) is 6.04 Å². The monoisotopic (exact) mass is 209 g/mol. The fourth-order valence-corrected chi connectivity index (χ4v) is 1.24. The average molecular weight is 209 g/mol. The zero-order valence-electron chi connectivity index (χ0n) is 8.64. The van der Waals surface area contributed by atoms with E-state index in [4.69, 9.17) is 15.6 Å². The number of hydrogen-bond acceptors (Lipinski definition) is 3. The van der Waals surface area contributed by atoms with Gasteiger partial charge in [-0.25, -0.2) is 4.79 Å². The number of hydrogen-bond donors (Lipinski definition) is 2. The van der Waals surface area contributed by atoms with E-state index in [2.05, 4.69) is 0 Å². The maximum absolute atomic E-state index is 10.2. The summed E-state index contributed by atoms with van der Waals surface area (Å²) in [5, 5.41) is 8.41. The van der Waals surface area contributed by atoms with E-state index in [0.29, 0.717) is 5.75 Å². The molecular formula is C11H15NO3. The second-order valence-corrected chi connectivity index (χ2v) is 3.51. The summed E-state index contributed by atoms with van der Waals surface area (Å²) in [6.07, 6.45) is 0.805. The number of aliphatic carboxylic acids is 1. The molecule has 0 aliphatic rings. The van der Waals surface area contributed by atoms with E-state index >= 15 is 0 Å². The second kappa shape index (κ2) is 5.36. The van der Waals surface area contributed by atoms with Crippen molar-refractivity contribution >= 4 is 5.97 Å². The topological polar surface area (TPSA) is 72.5 Å². The quantitative estimate of drug-likeness (QED) is 0.760. The Labute approximate surface area is 88.7 Å². The van der Waals surface area contributed by atoms with Crippen molar-refractivity contribution in [2.45, 2.75) is 19.4 Å². The third-order valence-electron chi connectivity index (χ3n) is 1.84. The van der Waals surface area contributed by atoms with Gasteiger partial charge in [0.1, 0.15) is 5.75 Å². The zero-order valence-corrected chi connectivity index (χ0v) is 8.64. The van der Waals surface area contributed by atoms with Crippen molar-refractivity contribution in [2.24, 2.45) is 5.73 Å². The molecule has 82 valence electrons. The fourth-order valence-electron chi connectivity index (χ4n) is 1.24. The Kier molecular flexibility index (Phi) is 4.12. The summed E-state index contributed by atoms with van der Waals surface area (Å²) in [5.41, 5.74) is 6.77. The Balaban J connectivity index is 2.52. The highest BCUT2D eigenvalue weighted by Crippen LogP contribution is 2.12. The van der Waals surface area contributed by atoms with Gasteiger partial charge < -0.3 is 15.6 Å². The number of carboxylic acids is 1. The summed E-state index contributed by atoms with van der Waals surface area (Å²) < 4.78 is 5.00. The summed E-state index contributed by atoms with van der Waals surface area (Å²) in [7, 11) is 0. The van der Waals surface area contributed by atoms with E-state index in [1.54, 1.807) is 12.1 Å². The third-order valence-corrected chi connectivity index (χ3v) is 1.84. The lowest BCUT2D eigenvalue weighted by Gasteiger charge is -2.06. The van der Waals surface area contributed by atoms with Crippen LogP contribution in [0.3, 0.4) is 0 Å². The average Bonchev–Trinajstić information content (AvgIpc) is 2.16. The Morgan fingerprint density at radius 3 is 2.53 bits per heavy atom. The molecule has 0 bridgehead atoms. The van der Waals surface area contributed by atoms with Gasteiger partial charge in [0.2, 0.25) is 0 Å². The fraction of sp³-hybridized carbons (Fsp3) is 0.364. The van der Waals surface area contributed by atoms with Crippen LogP contribution >= 0.6 is 0 Å².